The van der Waals surface area contributed by atoms with Crippen molar-refractivity contribution in [2.24, 2.45) is 5.92 Å². The first-order valence-corrected chi connectivity index (χ1v) is 14.5. The Labute approximate surface area is 242 Å². The zero-order chi connectivity index (χ0) is 28.8. The van der Waals surface area contributed by atoms with Crippen LogP contribution in [0.2, 0.25) is 0 Å². The topological polar surface area (TPSA) is 97.7 Å². The molecule has 4 aromatic rings. The van der Waals surface area contributed by atoms with Crippen molar-refractivity contribution < 1.29 is 23.5 Å². The third-order valence-corrected chi connectivity index (χ3v) is 9.93. The van der Waals surface area contributed by atoms with E-state index in [0.29, 0.717) is 32.6 Å². The molecule has 1 aromatic heterocycles. The number of methoxy groups -OCH3 is 1. The Morgan fingerprint density at radius 1 is 0.976 bits per heavy atom. The van der Waals surface area contributed by atoms with E-state index in [-0.39, 0.29) is 11.4 Å². The van der Waals surface area contributed by atoms with Crippen LogP contribution >= 0.6 is 23.1 Å². The first-order chi connectivity index (χ1) is 19.8. The van der Waals surface area contributed by atoms with E-state index in [1.54, 1.807) is 42.5 Å². The molecule has 0 bridgehead atoms. The van der Waals surface area contributed by atoms with E-state index >= 15 is 0 Å². The second-order valence-electron chi connectivity index (χ2n) is 9.79. The van der Waals surface area contributed by atoms with Crippen LogP contribution in [0.1, 0.15) is 21.9 Å². The van der Waals surface area contributed by atoms with E-state index in [0.717, 1.165) is 28.7 Å². The molecule has 0 saturated carbocycles. The van der Waals surface area contributed by atoms with Crippen LogP contribution in [-0.4, -0.2) is 34.6 Å². The summed E-state index contributed by atoms with van der Waals surface area (Å²) in [6.45, 7) is 1.61. The fraction of sp³-hybridized carbons (Fsp3) is 0.200. The number of aryl methyl sites for hydroxylation is 1. The van der Waals surface area contributed by atoms with Crippen LogP contribution in [0.15, 0.2) is 82.6 Å². The smallest absolute Gasteiger partial charge is 0.308 e. The van der Waals surface area contributed by atoms with Crippen molar-refractivity contribution in [2.45, 2.75) is 29.7 Å². The fourth-order valence-electron chi connectivity index (χ4n) is 5.32. The molecular weight excluding hydrogens is 565 g/mol. The molecule has 2 aliphatic rings. The fourth-order valence-corrected chi connectivity index (χ4v) is 8.09. The summed E-state index contributed by atoms with van der Waals surface area (Å²) in [6, 6.07) is 19.7. The lowest BCUT2D eigenvalue weighted by atomic mass is 9.83. The first-order valence-electron chi connectivity index (χ1n) is 12.8. The minimum Gasteiger partial charge on any atom is -0.497 e. The molecular formula is C30H24FN3O5S2. The van der Waals surface area contributed by atoms with Crippen LogP contribution in [0.3, 0.4) is 0 Å². The number of carbonyl (C=O) groups is 3. The summed E-state index contributed by atoms with van der Waals surface area (Å²) < 4.78 is 20.5. The van der Waals surface area contributed by atoms with Crippen LogP contribution in [0, 0.1) is 18.7 Å². The summed E-state index contributed by atoms with van der Waals surface area (Å²) >= 11 is 2.07. The molecule has 1 N–H and O–H groups in total. The molecule has 2 aliphatic heterocycles. The number of benzene rings is 3. The summed E-state index contributed by atoms with van der Waals surface area (Å²) in [5, 5.41) is 2.47. The highest BCUT2D eigenvalue weighted by atomic mass is 32.2. The number of amides is 3. The standard InChI is InChI=1S/C30H24FN3O5S2/c1-16-5-3-4-6-21(16)32-22(35)15-33-29-26(41-30(33)38)23(17-7-9-18(31)10-8-17)24-25(40-29)28(37)34(27(24)36)19-11-13-20(39-2)14-12-19/h3-14,23-25H,15H2,1-2H3,(H,32,35)/t23-,24?,25?/m1/s1. The second-order valence-corrected chi connectivity index (χ2v) is 11.9. The molecule has 1 saturated heterocycles. The van der Waals surface area contributed by atoms with Crippen LogP contribution in [0.4, 0.5) is 15.8 Å². The van der Waals surface area contributed by atoms with Crippen molar-refractivity contribution in [3.63, 3.8) is 0 Å². The molecule has 8 nitrogen and oxygen atoms in total. The van der Waals surface area contributed by atoms with Gasteiger partial charge in [0.2, 0.25) is 17.7 Å². The van der Waals surface area contributed by atoms with Crippen molar-refractivity contribution >= 4 is 52.2 Å². The van der Waals surface area contributed by atoms with Crippen molar-refractivity contribution in [1.29, 1.82) is 0 Å². The van der Waals surface area contributed by atoms with Gasteiger partial charge in [0.25, 0.3) is 0 Å². The molecule has 3 aromatic carbocycles. The van der Waals surface area contributed by atoms with Gasteiger partial charge in [-0.25, -0.2) is 9.29 Å². The number of ether oxygens (including phenoxy) is 1. The van der Waals surface area contributed by atoms with Gasteiger partial charge in [0.05, 0.1) is 23.7 Å². The Morgan fingerprint density at radius 2 is 1.68 bits per heavy atom. The van der Waals surface area contributed by atoms with E-state index in [9.17, 15) is 23.6 Å². The number of anilines is 2. The lowest BCUT2D eigenvalue weighted by molar-refractivity contribution is -0.122. The molecule has 41 heavy (non-hydrogen) atoms. The van der Waals surface area contributed by atoms with Gasteiger partial charge in [-0.1, -0.05) is 53.4 Å². The first kappa shape index (κ1) is 27.0. The summed E-state index contributed by atoms with van der Waals surface area (Å²) in [5.74, 6) is -2.56. The number of halogens is 1. The van der Waals surface area contributed by atoms with Gasteiger partial charge in [-0.15, -0.1) is 0 Å². The van der Waals surface area contributed by atoms with Gasteiger partial charge in [0.1, 0.15) is 23.4 Å². The number of fused-ring (bicyclic) bond motifs is 2. The van der Waals surface area contributed by atoms with Gasteiger partial charge in [0, 0.05) is 16.5 Å². The quantitative estimate of drug-likeness (QED) is 0.325. The number of hydrogen-bond acceptors (Lipinski definition) is 7. The number of aromatic nitrogens is 1. The third-order valence-electron chi connectivity index (χ3n) is 7.33. The Kier molecular flexibility index (Phi) is 7.00. The van der Waals surface area contributed by atoms with Gasteiger partial charge in [0.15, 0.2) is 0 Å². The van der Waals surface area contributed by atoms with Gasteiger partial charge in [-0.05, 0) is 60.5 Å². The summed E-state index contributed by atoms with van der Waals surface area (Å²) in [5.41, 5.74) is 2.53. The highest BCUT2D eigenvalue weighted by Gasteiger charge is 2.56. The van der Waals surface area contributed by atoms with Crippen LogP contribution in [-0.2, 0) is 20.9 Å². The zero-order valence-electron chi connectivity index (χ0n) is 22.0. The Hall–Kier alpha value is -4.22. The molecule has 3 amide bonds. The van der Waals surface area contributed by atoms with Crippen LogP contribution in [0.5, 0.6) is 5.75 Å². The normalized spacial score (nSPS) is 19.6. The number of carbonyl (C=O) groups excluding carboxylic acids is 3. The third kappa shape index (κ3) is 4.74. The molecule has 208 valence electrons. The molecule has 11 heteroatoms. The minimum absolute atomic E-state index is 0.260. The summed E-state index contributed by atoms with van der Waals surface area (Å²) in [6.07, 6.45) is 0. The molecule has 2 unspecified atom stereocenters. The molecule has 6 rings (SSSR count). The Balaban J connectivity index is 1.40. The predicted octanol–water partition coefficient (Wildman–Crippen LogP) is 4.80. The van der Waals surface area contributed by atoms with Crippen molar-refractivity contribution in [1.82, 2.24) is 4.57 Å². The largest absolute Gasteiger partial charge is 0.497 e. The highest BCUT2D eigenvalue weighted by molar-refractivity contribution is 8.00. The van der Waals surface area contributed by atoms with Crippen LogP contribution < -0.4 is 19.8 Å². The Morgan fingerprint density at radius 3 is 2.37 bits per heavy atom. The molecule has 3 atom stereocenters. The van der Waals surface area contributed by atoms with E-state index in [1.165, 1.54) is 28.7 Å². The van der Waals surface area contributed by atoms with E-state index < -0.39 is 40.6 Å². The Bertz CT molecular complexity index is 1730. The zero-order valence-corrected chi connectivity index (χ0v) is 23.6. The van der Waals surface area contributed by atoms with E-state index in [4.69, 9.17) is 4.74 Å². The van der Waals surface area contributed by atoms with Gasteiger partial charge in [-0.3, -0.25) is 23.7 Å². The summed E-state index contributed by atoms with van der Waals surface area (Å²) in [7, 11) is 1.53. The average Bonchev–Trinajstić information content (AvgIpc) is 3.41. The molecule has 0 radical (unpaired) electrons. The number of thioether (sulfide) groups is 1. The number of hydrogen-bond donors (Lipinski definition) is 1. The van der Waals surface area contributed by atoms with E-state index in [1.807, 2.05) is 25.1 Å². The highest BCUT2D eigenvalue weighted by Crippen LogP contribution is 2.53. The van der Waals surface area contributed by atoms with Crippen molar-refractivity contribution in [3.05, 3.63) is 104 Å². The number of para-hydroxylation sites is 1. The monoisotopic (exact) mass is 589 g/mol. The maximum absolute atomic E-state index is 13.9. The van der Waals surface area contributed by atoms with Gasteiger partial charge in [-0.2, -0.15) is 0 Å². The van der Waals surface area contributed by atoms with Crippen molar-refractivity contribution in [3.8, 4) is 5.75 Å². The number of thiazole rings is 1. The summed E-state index contributed by atoms with van der Waals surface area (Å²) in [4.78, 5) is 55.4. The molecule has 1 fully saturated rings. The average molecular weight is 590 g/mol. The minimum atomic E-state index is -0.841. The second kappa shape index (κ2) is 10.6. The maximum atomic E-state index is 13.9. The van der Waals surface area contributed by atoms with Gasteiger partial charge < -0.3 is 10.1 Å². The SMILES string of the molecule is COc1ccc(N2C(=O)C3Sc4c(sc(=O)n4CC(=O)Nc4ccccc4C)[C@H](c4ccc(F)cc4)C3C2=O)cc1. The number of rotatable bonds is 6. The number of nitrogens with one attached hydrogen (secondary N) is 1. The molecule has 0 aliphatic carbocycles. The lowest BCUT2D eigenvalue weighted by Gasteiger charge is -2.30. The number of imide groups is 1. The number of nitrogens with zero attached hydrogens (tertiary/aromatic N) is 2. The van der Waals surface area contributed by atoms with Crippen molar-refractivity contribution in [2.75, 3.05) is 17.3 Å². The van der Waals surface area contributed by atoms with E-state index in [2.05, 4.69) is 5.32 Å². The predicted molar refractivity (Wildman–Crippen MR) is 155 cm³/mol. The lowest BCUT2D eigenvalue weighted by Crippen LogP contribution is -2.33. The molecule has 3 heterocycles. The van der Waals surface area contributed by atoms with Crippen LogP contribution in [0.25, 0.3) is 0 Å². The molecule has 0 spiro atoms. The van der Waals surface area contributed by atoms with Gasteiger partial charge >= 0.3 is 4.87 Å². The maximum Gasteiger partial charge on any atom is 0.308 e.